The number of hydrogen-bond acceptors (Lipinski definition) is 2. The minimum atomic E-state index is 0.654. The van der Waals surface area contributed by atoms with E-state index in [1.165, 1.54) is 63.6 Å². The Morgan fingerprint density at radius 3 is 2.53 bits per heavy atom. The summed E-state index contributed by atoms with van der Waals surface area (Å²) < 4.78 is 2.14. The van der Waals surface area contributed by atoms with Gasteiger partial charge in [0.2, 0.25) is 0 Å². The molecule has 1 aromatic rings. The normalized spacial score (nSPS) is 16.3. The maximum atomic E-state index is 6.21. The summed E-state index contributed by atoms with van der Waals surface area (Å²) in [6, 6.07) is 0. The number of nitrogens with two attached hydrogens (primary N) is 1. The molecule has 3 nitrogen and oxygen atoms in total. The second-order valence-corrected chi connectivity index (χ2v) is 6.01. The van der Waals surface area contributed by atoms with Crippen LogP contribution < -0.4 is 5.73 Å². The van der Waals surface area contributed by atoms with Gasteiger partial charge in [0.25, 0.3) is 0 Å². The first-order valence-electron chi connectivity index (χ1n) is 8.05. The highest BCUT2D eigenvalue weighted by Gasteiger charge is 2.23. The van der Waals surface area contributed by atoms with E-state index in [9.17, 15) is 0 Å². The topological polar surface area (TPSA) is 43.8 Å². The molecule has 1 heterocycles. The quantitative estimate of drug-likeness (QED) is 0.750. The SMILES string of the molecule is CCCCCCCc1nc(C2CCCC2)n(C)c1N. The predicted octanol–water partition coefficient (Wildman–Crippen LogP) is 4.17. The van der Waals surface area contributed by atoms with E-state index in [2.05, 4.69) is 18.5 Å². The molecular weight excluding hydrogens is 234 g/mol. The molecule has 1 aliphatic rings. The molecule has 0 unspecified atom stereocenters. The number of nitrogens with zero attached hydrogens (tertiary/aromatic N) is 2. The van der Waals surface area contributed by atoms with Crippen LogP contribution in [-0.4, -0.2) is 9.55 Å². The van der Waals surface area contributed by atoms with E-state index in [0.717, 1.165) is 17.9 Å². The average molecular weight is 263 g/mol. The van der Waals surface area contributed by atoms with Gasteiger partial charge in [-0.15, -0.1) is 0 Å². The van der Waals surface area contributed by atoms with Gasteiger partial charge in [-0.25, -0.2) is 4.98 Å². The molecule has 1 aromatic heterocycles. The molecule has 108 valence electrons. The van der Waals surface area contributed by atoms with Crippen LogP contribution in [0.25, 0.3) is 0 Å². The number of nitrogen functional groups attached to an aromatic ring is 1. The highest BCUT2D eigenvalue weighted by Crippen LogP contribution is 2.34. The van der Waals surface area contributed by atoms with Crippen LogP contribution in [0.15, 0.2) is 0 Å². The summed E-state index contributed by atoms with van der Waals surface area (Å²) in [5.41, 5.74) is 7.35. The summed E-state index contributed by atoms with van der Waals surface area (Å²) in [6.45, 7) is 2.25. The number of anilines is 1. The monoisotopic (exact) mass is 263 g/mol. The van der Waals surface area contributed by atoms with Gasteiger partial charge in [0.15, 0.2) is 0 Å². The molecule has 0 atom stereocenters. The molecule has 0 aliphatic heterocycles. The predicted molar refractivity (Wildman–Crippen MR) is 81.3 cm³/mol. The van der Waals surface area contributed by atoms with Crippen LogP contribution in [0.3, 0.4) is 0 Å². The zero-order valence-corrected chi connectivity index (χ0v) is 12.6. The highest BCUT2D eigenvalue weighted by atomic mass is 15.1. The molecule has 2 rings (SSSR count). The molecule has 1 saturated carbocycles. The molecule has 3 heteroatoms. The van der Waals surface area contributed by atoms with Crippen LogP contribution in [0.4, 0.5) is 5.82 Å². The number of imidazole rings is 1. The van der Waals surface area contributed by atoms with Crippen LogP contribution >= 0.6 is 0 Å². The summed E-state index contributed by atoms with van der Waals surface area (Å²) in [4.78, 5) is 4.85. The van der Waals surface area contributed by atoms with Crippen molar-refractivity contribution < 1.29 is 0 Å². The number of hydrogen-bond donors (Lipinski definition) is 1. The fourth-order valence-electron chi connectivity index (χ4n) is 3.22. The molecule has 0 aromatic carbocycles. The van der Waals surface area contributed by atoms with E-state index in [-0.39, 0.29) is 0 Å². The zero-order valence-electron chi connectivity index (χ0n) is 12.6. The Kier molecular flexibility index (Phi) is 5.29. The molecule has 1 aliphatic carbocycles. The molecule has 0 saturated heterocycles. The Hall–Kier alpha value is -0.990. The second kappa shape index (κ2) is 6.97. The Balaban J connectivity index is 1.91. The van der Waals surface area contributed by atoms with Crippen LogP contribution in [0.1, 0.15) is 82.1 Å². The lowest BCUT2D eigenvalue weighted by molar-refractivity contribution is 0.622. The second-order valence-electron chi connectivity index (χ2n) is 6.01. The summed E-state index contributed by atoms with van der Waals surface area (Å²) in [5, 5.41) is 0. The summed E-state index contributed by atoms with van der Waals surface area (Å²) in [5.74, 6) is 2.79. The smallest absolute Gasteiger partial charge is 0.126 e. The van der Waals surface area contributed by atoms with Crippen LogP contribution in [0.2, 0.25) is 0 Å². The number of aromatic nitrogens is 2. The Morgan fingerprint density at radius 2 is 1.84 bits per heavy atom. The molecule has 0 radical (unpaired) electrons. The van der Waals surface area contributed by atoms with Crippen molar-refractivity contribution in [1.82, 2.24) is 9.55 Å². The third-order valence-electron chi connectivity index (χ3n) is 4.49. The van der Waals surface area contributed by atoms with E-state index < -0.39 is 0 Å². The number of aryl methyl sites for hydroxylation is 1. The Labute approximate surface area is 117 Å². The van der Waals surface area contributed by atoms with E-state index >= 15 is 0 Å². The fraction of sp³-hybridized carbons (Fsp3) is 0.812. The third kappa shape index (κ3) is 3.52. The molecular formula is C16H29N3. The minimum absolute atomic E-state index is 0.654. The lowest BCUT2D eigenvalue weighted by atomic mass is 10.1. The largest absolute Gasteiger partial charge is 0.384 e. The van der Waals surface area contributed by atoms with Crippen molar-refractivity contribution in [2.24, 2.45) is 7.05 Å². The molecule has 0 spiro atoms. The van der Waals surface area contributed by atoms with Gasteiger partial charge in [-0.1, -0.05) is 45.4 Å². The average Bonchev–Trinajstić information content (AvgIpc) is 3.02. The van der Waals surface area contributed by atoms with Crippen molar-refractivity contribution in [3.8, 4) is 0 Å². The van der Waals surface area contributed by atoms with Crippen molar-refractivity contribution in [2.75, 3.05) is 5.73 Å². The molecule has 19 heavy (non-hydrogen) atoms. The number of rotatable bonds is 7. The van der Waals surface area contributed by atoms with E-state index in [1.54, 1.807) is 0 Å². The van der Waals surface area contributed by atoms with Crippen molar-refractivity contribution in [3.05, 3.63) is 11.5 Å². The summed E-state index contributed by atoms with van der Waals surface area (Å²) >= 11 is 0. The molecule has 0 amide bonds. The number of unbranched alkanes of at least 4 members (excludes halogenated alkanes) is 4. The van der Waals surface area contributed by atoms with Crippen molar-refractivity contribution >= 4 is 5.82 Å². The van der Waals surface area contributed by atoms with Gasteiger partial charge in [-0.05, 0) is 25.7 Å². The van der Waals surface area contributed by atoms with Crippen molar-refractivity contribution in [2.45, 2.75) is 77.0 Å². The van der Waals surface area contributed by atoms with Gasteiger partial charge in [0.1, 0.15) is 11.6 Å². The molecule has 2 N–H and O–H groups in total. The first-order chi connectivity index (χ1) is 9.24. The lowest BCUT2D eigenvalue weighted by Crippen LogP contribution is -2.05. The Morgan fingerprint density at radius 1 is 1.16 bits per heavy atom. The summed E-state index contributed by atoms with van der Waals surface area (Å²) in [7, 11) is 2.08. The van der Waals surface area contributed by atoms with Gasteiger partial charge in [0.05, 0.1) is 5.69 Å². The van der Waals surface area contributed by atoms with Gasteiger partial charge in [-0.3, -0.25) is 0 Å². The Bertz CT molecular complexity index is 389. The lowest BCUT2D eigenvalue weighted by Gasteiger charge is -2.08. The van der Waals surface area contributed by atoms with Gasteiger partial charge in [0, 0.05) is 13.0 Å². The van der Waals surface area contributed by atoms with Gasteiger partial charge >= 0.3 is 0 Å². The van der Waals surface area contributed by atoms with E-state index in [4.69, 9.17) is 10.7 Å². The maximum absolute atomic E-state index is 6.21. The highest BCUT2D eigenvalue weighted by molar-refractivity contribution is 5.38. The van der Waals surface area contributed by atoms with Crippen LogP contribution in [0, 0.1) is 0 Å². The summed E-state index contributed by atoms with van der Waals surface area (Å²) in [6.07, 6.45) is 12.9. The molecule has 1 fully saturated rings. The molecule has 0 bridgehead atoms. The van der Waals surface area contributed by atoms with Crippen LogP contribution in [0.5, 0.6) is 0 Å². The maximum Gasteiger partial charge on any atom is 0.126 e. The first-order valence-corrected chi connectivity index (χ1v) is 8.05. The van der Waals surface area contributed by atoms with E-state index in [0.29, 0.717) is 5.92 Å². The van der Waals surface area contributed by atoms with Crippen molar-refractivity contribution in [1.29, 1.82) is 0 Å². The zero-order chi connectivity index (χ0) is 13.7. The van der Waals surface area contributed by atoms with Gasteiger partial charge in [-0.2, -0.15) is 0 Å². The fourth-order valence-corrected chi connectivity index (χ4v) is 3.22. The third-order valence-corrected chi connectivity index (χ3v) is 4.49. The van der Waals surface area contributed by atoms with E-state index in [1.807, 2.05) is 0 Å². The standard InChI is InChI=1S/C16H29N3/c1-3-4-5-6-7-12-14-15(17)19(2)16(18-14)13-10-8-9-11-13/h13H,3-12,17H2,1-2H3. The first kappa shape index (κ1) is 14.4. The minimum Gasteiger partial charge on any atom is -0.384 e. The van der Waals surface area contributed by atoms with Crippen molar-refractivity contribution in [3.63, 3.8) is 0 Å². The van der Waals surface area contributed by atoms with Crippen LogP contribution in [-0.2, 0) is 13.5 Å². The van der Waals surface area contributed by atoms with Gasteiger partial charge < -0.3 is 10.3 Å².